The number of ether oxygens (including phenoxy) is 28. The SMILES string of the molecule is C#CC[C@H](NC(=O)OCC1c2ccccc2-c2ccccc21)C(=O)NCCCCCC(=O)NC(COCc1cn(CCOCCOCCOCCOC[C@@]23CO[C@H](O2)[C@H](NC(C)=O)[C@H]2OC(C)(C)O[C@H]23)nn1)(COCc1cn(CCOCCOCCOCCOC[C@@]23CO[C@H](O2)[C@H](NC(C)=O)[C@H]2OC(C)(C)O[C@H]23)nn1)COCc1cn(CCOCCOCCOCCOC[C@@]23CO[C@@H](O2)[C@H](NC(C)=O)[C@H]2OC(C)(C)O[C@H]23)nn1. The molecule has 1 aliphatic carbocycles. The zero-order chi connectivity index (χ0) is 104. The minimum atomic E-state index is -1.37. The van der Waals surface area contributed by atoms with Crippen LogP contribution in [0.2, 0.25) is 0 Å². The summed E-state index contributed by atoms with van der Waals surface area (Å²) < 4.78 is 175. The quantitative estimate of drug-likeness (QED) is 0.0237. The van der Waals surface area contributed by atoms with Gasteiger partial charge in [-0.25, -0.2) is 18.8 Å². The minimum Gasteiger partial charge on any atom is -0.449 e. The summed E-state index contributed by atoms with van der Waals surface area (Å²) in [5.41, 5.74) is 1.62. The van der Waals surface area contributed by atoms with Gasteiger partial charge in [0.25, 0.3) is 0 Å². The molecule has 6 N–H and O–H groups in total. The third-order valence-corrected chi connectivity index (χ3v) is 26.0. The second-order valence-corrected chi connectivity index (χ2v) is 39.3. The lowest BCUT2D eigenvalue weighted by atomic mass is 9.88. The summed E-state index contributed by atoms with van der Waals surface area (Å²) in [4.78, 5) is 77.6. The van der Waals surface area contributed by atoms with Gasteiger partial charge in [-0.3, -0.25) is 24.0 Å². The van der Waals surface area contributed by atoms with Crippen LogP contribution in [-0.4, -0.2) is 411 Å². The number of carbonyl (C=O) groups excluding carboxylic acids is 6. The van der Waals surface area contributed by atoms with Gasteiger partial charge < -0.3 is 165 Å². The molecule has 148 heavy (non-hydrogen) atoms. The van der Waals surface area contributed by atoms with Crippen molar-refractivity contribution in [2.75, 3.05) is 211 Å². The lowest BCUT2D eigenvalue weighted by molar-refractivity contribution is -0.214. The first kappa shape index (κ1) is 113. The Bertz CT molecular complexity index is 4680. The van der Waals surface area contributed by atoms with Crippen molar-refractivity contribution in [3.63, 3.8) is 0 Å². The molecule has 15 rings (SSSR count). The first-order chi connectivity index (χ1) is 71.6. The number of aromatic nitrogens is 9. The van der Waals surface area contributed by atoms with Gasteiger partial charge in [-0.1, -0.05) is 70.6 Å². The number of nitrogens with zero attached hydrogens (tertiary/aromatic N) is 9. The van der Waals surface area contributed by atoms with Crippen LogP contribution in [0.25, 0.3) is 11.1 Å². The Morgan fingerprint density at radius 1 is 0.432 bits per heavy atom. The third kappa shape index (κ3) is 31.6. The Balaban J connectivity index is 0.505. The maximum Gasteiger partial charge on any atom is 0.407 e. The number of terminal acetylenes is 1. The highest BCUT2D eigenvalue weighted by Gasteiger charge is 2.69. The predicted octanol–water partition coefficient (Wildman–Crippen LogP) is 1.52. The Kier molecular flexibility index (Phi) is 41.6. The molecule has 16 atom stereocenters. The van der Waals surface area contributed by atoms with Crippen LogP contribution >= 0.6 is 0 Å². The lowest BCUT2D eigenvalue weighted by Crippen LogP contribution is -2.65. The molecule has 9 saturated heterocycles. The molecule has 49 nitrogen and oxygen atoms in total. The fraction of sp³-hybridized carbons (Fsp3) is 0.737. The van der Waals surface area contributed by atoms with Crippen LogP contribution in [0.15, 0.2) is 67.1 Å². The minimum absolute atomic E-state index is 0.0341. The van der Waals surface area contributed by atoms with Gasteiger partial charge in [0.2, 0.25) is 29.5 Å². The van der Waals surface area contributed by atoms with Crippen molar-refractivity contribution >= 4 is 35.6 Å². The number of benzene rings is 2. The standard InChI is InChI=1S/C99H145N15O34/c1-11-19-77(104-92(120)136-56-76-74-22-16-14-20-72(74)73-21-15-17-23-75(73)76)88(119)100-25-18-12-13-24-78(118)105-96(57-133-53-69-50-112(109-106-69)26-29-121-32-35-124-38-41-127-44-47-130-60-97-63-137-89(146-97)79(101-66(2)115)82-85(97)143-93(5,6)140-82,58-134-54-70-51-113(110-107-70)27-30-122-33-36-125-39-42-128-45-48-131-61-98-64-138-90(147-98)80(102-67(3)116)83-86(98)144-94(7,8)141-83)59-135-55-71-52-114(111-108-71)28-31-123-34-37-126-40-43-129-46-49-132-62-99-65-139-91(148-99)81(103-68(4)117)84-87(99)145-95(9,10)142-84/h1,14-17,20-23,50-52,76-77,79-87,89-91H,12-13,18-19,24-49,53-65H2,2-10H3,(H,100,119)(H,101,115)(H,102,116)(H,103,117)(H,104,120)(H,105,118)/t77-,79+,80+,81+,82+,83+,84+,85+,86+,87+,89-,90+,91+,97-,98-,99-/m0/s1. The van der Waals surface area contributed by atoms with Gasteiger partial charge >= 0.3 is 6.09 Å². The predicted molar refractivity (Wildman–Crippen MR) is 512 cm³/mol. The van der Waals surface area contributed by atoms with Crippen molar-refractivity contribution in [1.29, 1.82) is 0 Å². The van der Waals surface area contributed by atoms with Crippen LogP contribution in [-0.2, 0) is 196 Å². The van der Waals surface area contributed by atoms with Crippen molar-refractivity contribution in [3.8, 4) is 23.5 Å². The number of hydrogen-bond donors (Lipinski definition) is 6. The Morgan fingerprint density at radius 3 is 1.11 bits per heavy atom. The molecule has 0 saturated carbocycles. The highest BCUT2D eigenvalue weighted by atomic mass is 16.8. The second-order valence-electron chi connectivity index (χ2n) is 39.3. The molecule has 0 spiro atoms. The molecule has 9 fully saturated rings. The molecule has 5 aromatic rings. The third-order valence-electron chi connectivity index (χ3n) is 26.0. The van der Waals surface area contributed by atoms with Crippen LogP contribution in [0.3, 0.4) is 0 Å². The molecule has 3 aromatic heterocycles. The first-order valence-electron chi connectivity index (χ1n) is 50.8. The van der Waals surface area contributed by atoms with E-state index in [2.05, 4.69) is 68.8 Å². The Labute approximate surface area is 859 Å². The monoisotopic (exact) mass is 2090 g/mol. The molecule has 9 aliphatic heterocycles. The van der Waals surface area contributed by atoms with E-state index in [0.29, 0.717) is 175 Å². The number of rotatable bonds is 69. The number of nitrogens with one attached hydrogen (secondary N) is 6. The summed E-state index contributed by atoms with van der Waals surface area (Å²) in [6, 6.07) is 13.3. The molecule has 0 unspecified atom stereocenters. The molecular weight excluding hydrogens is 1940 g/mol. The van der Waals surface area contributed by atoms with E-state index < -0.39 is 131 Å². The van der Waals surface area contributed by atoms with Crippen LogP contribution in [0.5, 0.6) is 0 Å². The normalized spacial score (nSPS) is 26.1. The fourth-order valence-electron chi connectivity index (χ4n) is 19.4. The van der Waals surface area contributed by atoms with Crippen molar-refractivity contribution in [2.45, 2.75) is 259 Å². The summed E-state index contributed by atoms with van der Waals surface area (Å²) >= 11 is 0. The van der Waals surface area contributed by atoms with E-state index >= 15 is 0 Å². The van der Waals surface area contributed by atoms with Gasteiger partial charge in [0.15, 0.2) is 36.2 Å². The van der Waals surface area contributed by atoms with Crippen molar-refractivity contribution in [1.82, 2.24) is 76.9 Å². The molecule has 2 aromatic carbocycles. The average molecular weight is 2090 g/mol. The fourth-order valence-corrected chi connectivity index (χ4v) is 19.4. The number of unbranched alkanes of at least 4 members (excludes halogenated alkanes) is 2. The van der Waals surface area contributed by atoms with Gasteiger partial charge in [0.05, 0.1) is 256 Å². The van der Waals surface area contributed by atoms with Crippen molar-refractivity contribution < 1.29 is 161 Å². The summed E-state index contributed by atoms with van der Waals surface area (Å²) in [6.45, 7) is 23.8. The molecule has 12 heterocycles. The summed E-state index contributed by atoms with van der Waals surface area (Å²) in [6.07, 6.45) is 6.42. The number of amides is 6. The topological polar surface area (TPSA) is 525 Å². The number of carbonyl (C=O) groups is 6. The molecule has 820 valence electrons. The van der Waals surface area contributed by atoms with E-state index in [0.717, 1.165) is 22.3 Å². The van der Waals surface area contributed by atoms with E-state index in [-0.39, 0.29) is 155 Å². The van der Waals surface area contributed by atoms with E-state index in [1.807, 2.05) is 90.1 Å². The van der Waals surface area contributed by atoms with Gasteiger partial charge in [0.1, 0.15) is 107 Å². The van der Waals surface area contributed by atoms with E-state index in [1.54, 1.807) is 32.6 Å². The molecule has 0 radical (unpaired) electrons. The molecule has 49 heteroatoms. The van der Waals surface area contributed by atoms with Crippen molar-refractivity contribution in [2.24, 2.45) is 0 Å². The summed E-state index contributed by atoms with van der Waals surface area (Å²) in [5.74, 6) is -1.86. The molecule has 6 amide bonds. The van der Waals surface area contributed by atoms with Gasteiger partial charge in [-0.05, 0) is 76.6 Å². The number of hydrogen-bond acceptors (Lipinski definition) is 40. The zero-order valence-electron chi connectivity index (χ0n) is 85.8. The lowest BCUT2D eigenvalue weighted by Gasteiger charge is -2.42. The summed E-state index contributed by atoms with van der Waals surface area (Å²) in [7, 11) is 0. The maximum atomic E-state index is 14.5. The average Bonchev–Trinajstić information content (AvgIpc) is 1.89. The highest BCUT2D eigenvalue weighted by molar-refractivity contribution is 5.86. The second kappa shape index (κ2) is 54.5. The van der Waals surface area contributed by atoms with E-state index in [9.17, 15) is 28.8 Å². The van der Waals surface area contributed by atoms with Gasteiger partial charge in [-0.2, -0.15) is 0 Å². The maximum absolute atomic E-state index is 14.5. The van der Waals surface area contributed by atoms with Crippen molar-refractivity contribution in [3.05, 3.63) is 95.3 Å². The smallest absolute Gasteiger partial charge is 0.407 e. The molecule has 10 aliphatic rings. The zero-order valence-corrected chi connectivity index (χ0v) is 85.8. The Morgan fingerprint density at radius 2 is 0.770 bits per heavy atom. The van der Waals surface area contributed by atoms with E-state index in [4.69, 9.17) is 139 Å². The Hall–Kier alpha value is -9.04. The largest absolute Gasteiger partial charge is 0.449 e. The molecule has 6 bridgehead atoms. The van der Waals surface area contributed by atoms with Crippen LogP contribution in [0, 0.1) is 12.3 Å². The van der Waals surface area contributed by atoms with E-state index in [1.165, 1.54) is 20.8 Å². The van der Waals surface area contributed by atoms with Crippen LogP contribution in [0.4, 0.5) is 4.79 Å². The first-order valence-corrected chi connectivity index (χ1v) is 50.8. The van der Waals surface area contributed by atoms with Crippen LogP contribution in [0.1, 0.15) is 129 Å². The van der Waals surface area contributed by atoms with Crippen LogP contribution < -0.4 is 31.9 Å². The number of fused-ring (bicyclic) bond motifs is 15. The molecular formula is C99H145N15O34. The highest BCUT2D eigenvalue weighted by Crippen LogP contribution is 2.51. The number of alkyl carbamates (subject to hydrolysis) is 1. The van der Waals surface area contributed by atoms with Gasteiger partial charge in [-0.15, -0.1) is 27.6 Å². The van der Waals surface area contributed by atoms with Gasteiger partial charge in [0, 0.05) is 46.1 Å². The summed E-state index contributed by atoms with van der Waals surface area (Å²) in [5, 5.41) is 43.6.